The summed E-state index contributed by atoms with van der Waals surface area (Å²) in [6.07, 6.45) is 3.84. The number of rotatable bonds is 4. The fourth-order valence-electron chi connectivity index (χ4n) is 3.54. The number of hydrogen-bond acceptors (Lipinski definition) is 3. The van der Waals surface area contributed by atoms with E-state index in [9.17, 15) is 9.18 Å². The lowest BCUT2D eigenvalue weighted by molar-refractivity contribution is -0.115. The number of fused-ring (bicyclic) bond motifs is 1. The molecular formula is C25H17ClFN3OS. The molecule has 1 aliphatic rings. The van der Waals surface area contributed by atoms with Crippen LogP contribution in [0.2, 0.25) is 5.02 Å². The summed E-state index contributed by atoms with van der Waals surface area (Å²) in [5.41, 5.74) is 3.59. The quantitative estimate of drug-likeness (QED) is 0.359. The minimum absolute atomic E-state index is 0.175. The van der Waals surface area contributed by atoms with Gasteiger partial charge in [-0.15, -0.1) is 0 Å². The number of nitrogens with one attached hydrogen (secondary N) is 1. The monoisotopic (exact) mass is 461 g/mol. The molecule has 0 bridgehead atoms. The summed E-state index contributed by atoms with van der Waals surface area (Å²) in [5, 5.41) is 5.02. The number of benzene rings is 3. The summed E-state index contributed by atoms with van der Waals surface area (Å²) in [7, 11) is 0. The largest absolute Gasteiger partial charge is 0.343 e. The molecule has 1 amide bonds. The number of aromatic nitrogens is 1. The van der Waals surface area contributed by atoms with Crippen molar-refractivity contribution in [2.24, 2.45) is 4.99 Å². The maximum absolute atomic E-state index is 13.5. The van der Waals surface area contributed by atoms with Crippen molar-refractivity contribution in [3.8, 4) is 0 Å². The van der Waals surface area contributed by atoms with Crippen LogP contribution in [-0.2, 0) is 11.3 Å². The van der Waals surface area contributed by atoms with Gasteiger partial charge in [0.2, 0.25) is 0 Å². The first-order valence-corrected chi connectivity index (χ1v) is 11.1. The number of carbonyl (C=O) groups excluding carboxylic acids is 1. The summed E-state index contributed by atoms with van der Waals surface area (Å²) < 4.78 is 15.6. The predicted molar refractivity (Wildman–Crippen MR) is 130 cm³/mol. The first-order chi connectivity index (χ1) is 15.5. The molecule has 0 saturated carbocycles. The van der Waals surface area contributed by atoms with Gasteiger partial charge in [0.25, 0.3) is 5.91 Å². The normalized spacial score (nSPS) is 16.2. The third kappa shape index (κ3) is 4.47. The number of amidine groups is 1. The number of amides is 1. The van der Waals surface area contributed by atoms with Gasteiger partial charge >= 0.3 is 0 Å². The average Bonchev–Trinajstić information content (AvgIpc) is 3.32. The second-order valence-corrected chi connectivity index (χ2v) is 8.82. The molecular weight excluding hydrogens is 445 g/mol. The smallest absolute Gasteiger partial charge is 0.264 e. The van der Waals surface area contributed by atoms with Crippen LogP contribution in [-0.4, -0.2) is 15.6 Å². The van der Waals surface area contributed by atoms with Crippen LogP contribution in [0, 0.1) is 5.82 Å². The highest BCUT2D eigenvalue weighted by Crippen LogP contribution is 2.29. The summed E-state index contributed by atoms with van der Waals surface area (Å²) in [6, 6.07) is 21.8. The van der Waals surface area contributed by atoms with E-state index in [1.807, 2.05) is 42.6 Å². The molecule has 0 aliphatic carbocycles. The number of aliphatic imine (C=N–C) groups is 1. The maximum Gasteiger partial charge on any atom is 0.264 e. The van der Waals surface area contributed by atoms with Gasteiger partial charge in [-0.1, -0.05) is 29.8 Å². The van der Waals surface area contributed by atoms with Crippen molar-refractivity contribution in [1.82, 2.24) is 9.88 Å². The van der Waals surface area contributed by atoms with Crippen LogP contribution in [0.4, 0.5) is 10.1 Å². The molecule has 0 spiro atoms. The molecule has 7 heteroatoms. The van der Waals surface area contributed by atoms with E-state index in [1.165, 1.54) is 17.8 Å². The second-order valence-electron chi connectivity index (χ2n) is 7.35. The lowest BCUT2D eigenvalue weighted by Gasteiger charge is -2.06. The first kappa shape index (κ1) is 20.5. The maximum atomic E-state index is 13.5. The van der Waals surface area contributed by atoms with Gasteiger partial charge in [-0.3, -0.25) is 4.79 Å². The Bertz CT molecular complexity index is 1390. The van der Waals surface area contributed by atoms with E-state index in [0.29, 0.717) is 21.6 Å². The van der Waals surface area contributed by atoms with Gasteiger partial charge in [-0.2, -0.15) is 0 Å². The zero-order chi connectivity index (χ0) is 22.1. The molecule has 5 rings (SSSR count). The first-order valence-electron chi connectivity index (χ1n) is 9.92. The highest BCUT2D eigenvalue weighted by Gasteiger charge is 2.23. The van der Waals surface area contributed by atoms with Crippen molar-refractivity contribution in [3.63, 3.8) is 0 Å². The van der Waals surface area contributed by atoms with Crippen LogP contribution < -0.4 is 5.32 Å². The molecule has 32 heavy (non-hydrogen) atoms. The molecule has 4 aromatic rings. The number of nitrogens with zero attached hydrogens (tertiary/aromatic N) is 2. The van der Waals surface area contributed by atoms with Crippen molar-refractivity contribution < 1.29 is 9.18 Å². The molecule has 1 aromatic heterocycles. The van der Waals surface area contributed by atoms with Gasteiger partial charge in [-0.25, -0.2) is 9.38 Å². The Labute approximate surface area is 193 Å². The molecule has 2 heterocycles. The third-order valence-electron chi connectivity index (χ3n) is 5.04. The van der Waals surface area contributed by atoms with E-state index < -0.39 is 0 Å². The summed E-state index contributed by atoms with van der Waals surface area (Å²) in [4.78, 5) is 17.4. The standard InChI is InChI=1S/C25H17ClFN3OS/c26-19-5-7-21(8-6-19)28-25-29-24(31)23(32-25)14-16-4-9-22-18(12-16)10-11-30(22)15-17-2-1-3-20(27)13-17/h1-14H,15H2,(H,28,29,31)/b23-14+. The van der Waals surface area contributed by atoms with E-state index >= 15 is 0 Å². The van der Waals surface area contributed by atoms with Gasteiger partial charge < -0.3 is 9.88 Å². The second kappa shape index (κ2) is 8.65. The predicted octanol–water partition coefficient (Wildman–Crippen LogP) is 6.37. The van der Waals surface area contributed by atoms with Crippen LogP contribution in [0.3, 0.4) is 0 Å². The summed E-state index contributed by atoms with van der Waals surface area (Å²) in [6.45, 7) is 0.588. The fraction of sp³-hybridized carbons (Fsp3) is 0.0400. The molecule has 1 N–H and O–H groups in total. The molecule has 0 atom stereocenters. The Kier molecular flexibility index (Phi) is 5.55. The van der Waals surface area contributed by atoms with E-state index in [4.69, 9.17) is 11.6 Å². The van der Waals surface area contributed by atoms with Gasteiger partial charge in [-0.05, 0) is 83.6 Å². The number of hydrogen-bond donors (Lipinski definition) is 1. The molecule has 1 aliphatic heterocycles. The van der Waals surface area contributed by atoms with Crippen molar-refractivity contribution in [3.05, 3.63) is 106 Å². The minimum atomic E-state index is -0.237. The minimum Gasteiger partial charge on any atom is -0.343 e. The van der Waals surface area contributed by atoms with E-state index in [2.05, 4.69) is 14.9 Å². The van der Waals surface area contributed by atoms with Gasteiger partial charge in [0.1, 0.15) is 5.82 Å². The van der Waals surface area contributed by atoms with E-state index in [0.717, 1.165) is 27.7 Å². The van der Waals surface area contributed by atoms with Crippen LogP contribution >= 0.6 is 23.4 Å². The zero-order valence-electron chi connectivity index (χ0n) is 16.8. The lowest BCUT2D eigenvalue weighted by Crippen LogP contribution is -2.19. The summed E-state index contributed by atoms with van der Waals surface area (Å²) in [5.74, 6) is -0.411. The zero-order valence-corrected chi connectivity index (χ0v) is 18.3. The number of halogens is 2. The van der Waals surface area contributed by atoms with Gasteiger partial charge in [0.05, 0.1) is 10.6 Å². The third-order valence-corrected chi connectivity index (χ3v) is 6.20. The Balaban J connectivity index is 1.37. The molecule has 0 unspecified atom stereocenters. The fourth-order valence-corrected chi connectivity index (χ4v) is 4.51. The topological polar surface area (TPSA) is 46.4 Å². The van der Waals surface area contributed by atoms with Crippen molar-refractivity contribution in [2.45, 2.75) is 6.54 Å². The molecule has 3 aromatic carbocycles. The van der Waals surface area contributed by atoms with Crippen LogP contribution in [0.25, 0.3) is 17.0 Å². The molecule has 1 fully saturated rings. The number of carbonyl (C=O) groups is 1. The summed E-state index contributed by atoms with van der Waals surface area (Å²) >= 11 is 7.21. The van der Waals surface area contributed by atoms with Crippen LogP contribution in [0.15, 0.2) is 88.9 Å². The Morgan fingerprint density at radius 3 is 2.72 bits per heavy atom. The van der Waals surface area contributed by atoms with Crippen molar-refractivity contribution in [2.75, 3.05) is 0 Å². The van der Waals surface area contributed by atoms with Crippen LogP contribution in [0.5, 0.6) is 0 Å². The molecule has 0 radical (unpaired) electrons. The molecule has 4 nitrogen and oxygen atoms in total. The van der Waals surface area contributed by atoms with E-state index in [-0.39, 0.29) is 11.7 Å². The average molecular weight is 462 g/mol. The highest BCUT2D eigenvalue weighted by atomic mass is 35.5. The number of thioether (sulfide) groups is 1. The van der Waals surface area contributed by atoms with Gasteiger partial charge in [0, 0.05) is 28.7 Å². The van der Waals surface area contributed by atoms with Gasteiger partial charge in [0.15, 0.2) is 5.17 Å². The van der Waals surface area contributed by atoms with Crippen molar-refractivity contribution in [1.29, 1.82) is 0 Å². The highest BCUT2D eigenvalue weighted by molar-refractivity contribution is 8.18. The Morgan fingerprint density at radius 1 is 1.06 bits per heavy atom. The lowest BCUT2D eigenvalue weighted by atomic mass is 10.1. The molecule has 1 saturated heterocycles. The van der Waals surface area contributed by atoms with E-state index in [1.54, 1.807) is 36.4 Å². The Morgan fingerprint density at radius 2 is 1.91 bits per heavy atom. The van der Waals surface area contributed by atoms with Crippen molar-refractivity contribution >= 4 is 57.1 Å². The Hall–Kier alpha value is -3.35. The van der Waals surface area contributed by atoms with Crippen LogP contribution in [0.1, 0.15) is 11.1 Å². The SMILES string of the molecule is O=C1NC(=Nc2ccc(Cl)cc2)S/C1=C/c1ccc2c(ccn2Cc2cccc(F)c2)c1. The molecule has 158 valence electrons.